The van der Waals surface area contributed by atoms with Gasteiger partial charge in [0.25, 0.3) is 0 Å². The summed E-state index contributed by atoms with van der Waals surface area (Å²) in [5.74, 6) is -1.90. The Balaban J connectivity index is 2.32. The Morgan fingerprint density at radius 1 is 0.923 bits per heavy atom. The van der Waals surface area contributed by atoms with Crippen LogP contribution in [0.15, 0.2) is 30.3 Å². The van der Waals surface area contributed by atoms with Crippen molar-refractivity contribution in [3.63, 3.8) is 0 Å². The highest BCUT2D eigenvalue weighted by molar-refractivity contribution is 7.18. The van der Waals surface area contributed by atoms with E-state index in [1.165, 1.54) is 0 Å². The molecule has 0 spiro atoms. The van der Waals surface area contributed by atoms with E-state index >= 15 is 0 Å². The predicted molar refractivity (Wildman–Crippen MR) is 96.2 cm³/mol. The molecule has 0 radical (unpaired) electrons. The maximum Gasteiger partial charge on any atom is 0.348 e. The van der Waals surface area contributed by atoms with Gasteiger partial charge in [-0.3, -0.25) is 0 Å². The van der Waals surface area contributed by atoms with Crippen LogP contribution in [0.2, 0.25) is 0 Å². The molecule has 138 valence electrons. The van der Waals surface area contributed by atoms with Crippen LogP contribution in [-0.2, 0) is 20.8 Å². The number of rotatable bonds is 7. The molecule has 1 aromatic heterocycles. The number of benzene rings is 1. The topological polar surface area (TPSA) is 105 Å². The predicted octanol–water partition coefficient (Wildman–Crippen LogP) is 3.04. The van der Waals surface area contributed by atoms with E-state index in [-0.39, 0.29) is 40.8 Å². The van der Waals surface area contributed by atoms with Crippen molar-refractivity contribution >= 4 is 34.2 Å². The minimum Gasteiger partial charge on any atom is -0.462 e. The maximum atomic E-state index is 12.2. The van der Waals surface area contributed by atoms with Gasteiger partial charge in [-0.25, -0.2) is 14.4 Å². The SMILES string of the molecule is CCOC(=O)c1sc(N)c(C(=O)OCC)c1COC(=O)c1ccccc1. The van der Waals surface area contributed by atoms with Crippen molar-refractivity contribution in [1.82, 2.24) is 0 Å². The van der Waals surface area contributed by atoms with Crippen LogP contribution in [0.3, 0.4) is 0 Å². The number of carbonyl (C=O) groups excluding carboxylic acids is 3. The summed E-state index contributed by atoms with van der Waals surface area (Å²) in [5, 5.41) is 0.109. The Morgan fingerprint density at radius 2 is 1.54 bits per heavy atom. The zero-order chi connectivity index (χ0) is 19.1. The molecule has 1 aromatic carbocycles. The number of nitrogen functional groups attached to an aromatic ring is 1. The maximum absolute atomic E-state index is 12.2. The first kappa shape index (κ1) is 19.5. The van der Waals surface area contributed by atoms with Gasteiger partial charge in [-0.1, -0.05) is 18.2 Å². The van der Waals surface area contributed by atoms with Crippen LogP contribution in [0.4, 0.5) is 5.00 Å². The Bertz CT molecular complexity index is 800. The van der Waals surface area contributed by atoms with Crippen LogP contribution in [-0.4, -0.2) is 31.1 Å². The first-order valence-corrected chi connectivity index (χ1v) is 8.78. The zero-order valence-corrected chi connectivity index (χ0v) is 15.3. The summed E-state index contributed by atoms with van der Waals surface area (Å²) >= 11 is 0.902. The second-order valence-electron chi connectivity index (χ2n) is 5.03. The summed E-state index contributed by atoms with van der Waals surface area (Å²) in [6.45, 7) is 3.32. The number of nitrogens with two attached hydrogens (primary N) is 1. The minimum absolute atomic E-state index is 0.0285. The van der Waals surface area contributed by atoms with Crippen LogP contribution >= 0.6 is 11.3 Å². The van der Waals surface area contributed by atoms with E-state index in [9.17, 15) is 14.4 Å². The lowest BCUT2D eigenvalue weighted by molar-refractivity contribution is 0.0437. The van der Waals surface area contributed by atoms with Gasteiger partial charge >= 0.3 is 17.9 Å². The Kier molecular flexibility index (Phi) is 6.74. The average Bonchev–Trinajstić information content (AvgIpc) is 2.97. The van der Waals surface area contributed by atoms with Crippen molar-refractivity contribution < 1.29 is 28.6 Å². The van der Waals surface area contributed by atoms with E-state index in [1.54, 1.807) is 44.2 Å². The lowest BCUT2D eigenvalue weighted by atomic mass is 10.1. The number of carbonyl (C=O) groups is 3. The average molecular weight is 377 g/mol. The van der Waals surface area contributed by atoms with Crippen LogP contribution in [0.5, 0.6) is 0 Å². The van der Waals surface area contributed by atoms with Gasteiger partial charge in [0.1, 0.15) is 22.0 Å². The monoisotopic (exact) mass is 377 g/mol. The number of thiophene rings is 1. The van der Waals surface area contributed by atoms with Gasteiger partial charge < -0.3 is 19.9 Å². The molecule has 2 N–H and O–H groups in total. The fraction of sp³-hybridized carbons (Fsp3) is 0.278. The van der Waals surface area contributed by atoms with Crippen molar-refractivity contribution in [1.29, 1.82) is 0 Å². The van der Waals surface area contributed by atoms with Crippen LogP contribution in [0, 0.1) is 0 Å². The Labute approximate surface area is 154 Å². The second-order valence-corrected chi connectivity index (χ2v) is 6.08. The fourth-order valence-electron chi connectivity index (χ4n) is 2.21. The summed E-state index contributed by atoms with van der Waals surface area (Å²) in [6, 6.07) is 8.38. The standard InChI is InChI=1S/C18H19NO6S/c1-3-23-17(21)13-12(14(26-15(13)19)18(22)24-4-2)10-25-16(20)11-8-6-5-7-9-11/h5-9H,3-4,10,19H2,1-2H3. The molecule has 0 fully saturated rings. The van der Waals surface area contributed by atoms with Gasteiger partial charge in [-0.2, -0.15) is 0 Å². The fourth-order valence-corrected chi connectivity index (χ4v) is 3.16. The van der Waals surface area contributed by atoms with Crippen LogP contribution < -0.4 is 5.73 Å². The molecule has 0 unspecified atom stereocenters. The minimum atomic E-state index is -0.678. The van der Waals surface area contributed by atoms with Gasteiger partial charge in [-0.05, 0) is 26.0 Å². The molecule has 0 atom stereocenters. The molecule has 7 nitrogen and oxygen atoms in total. The van der Waals surface area contributed by atoms with Crippen molar-refractivity contribution in [3.8, 4) is 0 Å². The van der Waals surface area contributed by atoms with Gasteiger partial charge in [0, 0.05) is 5.56 Å². The number of esters is 3. The number of anilines is 1. The van der Waals surface area contributed by atoms with E-state index in [1.807, 2.05) is 0 Å². The molecular weight excluding hydrogens is 358 g/mol. The first-order chi connectivity index (χ1) is 12.5. The third-order valence-electron chi connectivity index (χ3n) is 3.33. The van der Waals surface area contributed by atoms with Crippen molar-refractivity contribution in [2.75, 3.05) is 18.9 Å². The first-order valence-electron chi connectivity index (χ1n) is 7.97. The lowest BCUT2D eigenvalue weighted by Crippen LogP contribution is -2.14. The molecule has 0 aliphatic heterocycles. The summed E-state index contributed by atoms with van der Waals surface area (Å²) in [7, 11) is 0. The van der Waals surface area contributed by atoms with Crippen molar-refractivity contribution in [3.05, 3.63) is 51.9 Å². The third kappa shape index (κ3) is 4.40. The van der Waals surface area contributed by atoms with Gasteiger partial charge in [0.15, 0.2) is 0 Å². The molecule has 0 aliphatic carbocycles. The molecular formula is C18H19NO6S. The van der Waals surface area contributed by atoms with Gasteiger partial charge in [0.05, 0.1) is 18.8 Å². The molecule has 0 saturated heterocycles. The van der Waals surface area contributed by atoms with E-state index < -0.39 is 17.9 Å². The Morgan fingerprint density at radius 3 is 2.15 bits per heavy atom. The third-order valence-corrected chi connectivity index (χ3v) is 4.37. The summed E-state index contributed by atoms with van der Waals surface area (Å²) in [5.41, 5.74) is 6.46. The molecule has 0 bridgehead atoms. The number of hydrogen-bond acceptors (Lipinski definition) is 8. The van der Waals surface area contributed by atoms with Gasteiger partial charge in [0.2, 0.25) is 0 Å². The summed E-state index contributed by atoms with van der Waals surface area (Å²) < 4.78 is 15.2. The quantitative estimate of drug-likeness (QED) is 0.584. The smallest absolute Gasteiger partial charge is 0.348 e. The molecule has 8 heteroatoms. The molecule has 0 aliphatic rings. The van der Waals surface area contributed by atoms with E-state index in [2.05, 4.69) is 0 Å². The zero-order valence-electron chi connectivity index (χ0n) is 14.4. The molecule has 26 heavy (non-hydrogen) atoms. The molecule has 0 amide bonds. The molecule has 1 heterocycles. The summed E-state index contributed by atoms with van der Waals surface area (Å²) in [4.78, 5) is 36.6. The number of ether oxygens (including phenoxy) is 3. The lowest BCUT2D eigenvalue weighted by Gasteiger charge is -2.09. The molecule has 2 rings (SSSR count). The highest BCUT2D eigenvalue weighted by atomic mass is 32.1. The van der Waals surface area contributed by atoms with Crippen LogP contribution in [0.25, 0.3) is 0 Å². The van der Waals surface area contributed by atoms with Crippen molar-refractivity contribution in [2.45, 2.75) is 20.5 Å². The highest BCUT2D eigenvalue weighted by Gasteiger charge is 2.28. The second kappa shape index (κ2) is 9.00. The molecule has 2 aromatic rings. The highest BCUT2D eigenvalue weighted by Crippen LogP contribution is 2.33. The largest absolute Gasteiger partial charge is 0.462 e. The molecule has 0 saturated carbocycles. The van der Waals surface area contributed by atoms with Crippen molar-refractivity contribution in [2.24, 2.45) is 0 Å². The number of hydrogen-bond donors (Lipinski definition) is 1. The van der Waals surface area contributed by atoms with E-state index in [0.29, 0.717) is 5.56 Å². The van der Waals surface area contributed by atoms with E-state index in [4.69, 9.17) is 19.9 Å². The normalized spacial score (nSPS) is 10.2. The van der Waals surface area contributed by atoms with Crippen LogP contribution in [0.1, 0.15) is 49.8 Å². The summed E-state index contributed by atoms with van der Waals surface area (Å²) in [6.07, 6.45) is 0. The Hall–Kier alpha value is -2.87. The van der Waals surface area contributed by atoms with Gasteiger partial charge in [-0.15, -0.1) is 11.3 Å². The van der Waals surface area contributed by atoms with E-state index in [0.717, 1.165) is 11.3 Å².